The van der Waals surface area contributed by atoms with Crippen molar-refractivity contribution in [1.29, 1.82) is 0 Å². The molecule has 0 fully saturated rings. The summed E-state index contributed by atoms with van der Waals surface area (Å²) in [6, 6.07) is 15.8. The lowest BCUT2D eigenvalue weighted by Gasteiger charge is -2.07. The van der Waals surface area contributed by atoms with Crippen molar-refractivity contribution in [3.63, 3.8) is 0 Å². The van der Waals surface area contributed by atoms with Gasteiger partial charge in [0, 0.05) is 24.7 Å². The van der Waals surface area contributed by atoms with Gasteiger partial charge in [-0.25, -0.2) is 4.68 Å². The number of hydrogen-bond acceptors (Lipinski definition) is 3. The summed E-state index contributed by atoms with van der Waals surface area (Å²) in [5.41, 5.74) is 2.14. The highest BCUT2D eigenvalue weighted by Crippen LogP contribution is 2.16. The Morgan fingerprint density at radius 1 is 1.00 bits per heavy atom. The van der Waals surface area contributed by atoms with Gasteiger partial charge in [0.2, 0.25) is 5.91 Å². The molecule has 2 amide bonds. The summed E-state index contributed by atoms with van der Waals surface area (Å²) < 4.78 is 3.20. The minimum Gasteiger partial charge on any atom is -0.326 e. The molecule has 0 saturated heterocycles. The third-order valence-electron chi connectivity index (χ3n) is 4.52. The summed E-state index contributed by atoms with van der Waals surface area (Å²) >= 11 is 0. The van der Waals surface area contributed by atoms with Crippen LogP contribution in [0.1, 0.15) is 29.4 Å². The van der Waals surface area contributed by atoms with Gasteiger partial charge in [-0.05, 0) is 37.3 Å². The second-order valence-corrected chi connectivity index (χ2v) is 6.37. The standard InChI is InChI=1S/C21H22N4O3/c1-4-18(26)22-16-10-8-9-15(13-16)20(27)23-19-14(2)24(3)25(21(19)28)17-11-6-5-7-12-17/h5-13H,4H2,1-3H3,(H,22,26)(H,23,27). The van der Waals surface area contributed by atoms with E-state index in [1.54, 1.807) is 49.8 Å². The van der Waals surface area contributed by atoms with Gasteiger partial charge in [0.1, 0.15) is 5.69 Å². The molecule has 0 aliphatic rings. The first kappa shape index (κ1) is 19.2. The van der Waals surface area contributed by atoms with Crippen molar-refractivity contribution in [2.24, 2.45) is 7.05 Å². The van der Waals surface area contributed by atoms with Gasteiger partial charge in [0.05, 0.1) is 11.4 Å². The lowest BCUT2D eigenvalue weighted by molar-refractivity contribution is -0.115. The van der Waals surface area contributed by atoms with E-state index in [0.29, 0.717) is 29.1 Å². The Morgan fingerprint density at radius 3 is 2.39 bits per heavy atom. The molecule has 7 nitrogen and oxygen atoms in total. The molecule has 0 unspecified atom stereocenters. The summed E-state index contributed by atoms with van der Waals surface area (Å²) in [5, 5.41) is 5.43. The molecule has 2 aromatic carbocycles. The normalized spacial score (nSPS) is 10.5. The number of nitrogens with one attached hydrogen (secondary N) is 2. The van der Waals surface area contributed by atoms with Crippen LogP contribution in [-0.2, 0) is 11.8 Å². The Labute approximate surface area is 162 Å². The van der Waals surface area contributed by atoms with Gasteiger partial charge in [-0.1, -0.05) is 31.2 Å². The highest BCUT2D eigenvalue weighted by atomic mass is 16.2. The van der Waals surface area contributed by atoms with E-state index in [0.717, 1.165) is 0 Å². The van der Waals surface area contributed by atoms with Crippen LogP contribution in [0.3, 0.4) is 0 Å². The maximum absolute atomic E-state index is 12.9. The molecular weight excluding hydrogens is 356 g/mol. The van der Waals surface area contributed by atoms with E-state index in [9.17, 15) is 14.4 Å². The smallest absolute Gasteiger partial charge is 0.295 e. The fourth-order valence-electron chi connectivity index (χ4n) is 2.89. The van der Waals surface area contributed by atoms with Crippen molar-refractivity contribution in [3.05, 3.63) is 76.2 Å². The van der Waals surface area contributed by atoms with E-state index in [1.807, 2.05) is 30.3 Å². The number of rotatable bonds is 5. The van der Waals surface area contributed by atoms with Crippen LogP contribution < -0.4 is 16.2 Å². The molecule has 3 rings (SSSR count). The fourth-order valence-corrected chi connectivity index (χ4v) is 2.89. The van der Waals surface area contributed by atoms with Crippen molar-refractivity contribution >= 4 is 23.2 Å². The summed E-state index contributed by atoms with van der Waals surface area (Å²) in [6.45, 7) is 3.52. The Morgan fingerprint density at radius 2 is 1.71 bits per heavy atom. The molecule has 1 heterocycles. The zero-order valence-electron chi connectivity index (χ0n) is 16.0. The predicted molar refractivity (Wildman–Crippen MR) is 109 cm³/mol. The summed E-state index contributed by atoms with van der Waals surface area (Å²) in [7, 11) is 1.76. The Kier molecular flexibility index (Phi) is 5.44. The van der Waals surface area contributed by atoms with Crippen molar-refractivity contribution in [2.45, 2.75) is 20.3 Å². The van der Waals surface area contributed by atoms with Gasteiger partial charge in [0.25, 0.3) is 11.5 Å². The predicted octanol–water partition coefficient (Wildman–Crippen LogP) is 3.09. The van der Waals surface area contributed by atoms with E-state index in [-0.39, 0.29) is 17.2 Å². The molecule has 1 aromatic heterocycles. The molecule has 3 aromatic rings. The zero-order valence-corrected chi connectivity index (χ0v) is 16.0. The van der Waals surface area contributed by atoms with Gasteiger partial charge in [-0.15, -0.1) is 0 Å². The third kappa shape index (κ3) is 3.73. The van der Waals surface area contributed by atoms with Gasteiger partial charge in [0.15, 0.2) is 0 Å². The molecule has 144 valence electrons. The average molecular weight is 378 g/mol. The Bertz CT molecular complexity index is 1080. The highest BCUT2D eigenvalue weighted by molar-refractivity contribution is 6.05. The second kappa shape index (κ2) is 7.96. The van der Waals surface area contributed by atoms with Gasteiger partial charge in [-0.2, -0.15) is 0 Å². The van der Waals surface area contributed by atoms with Crippen LogP contribution in [0.2, 0.25) is 0 Å². The van der Waals surface area contributed by atoms with Crippen LogP contribution in [0.5, 0.6) is 0 Å². The average Bonchev–Trinajstić information content (AvgIpc) is 2.92. The highest BCUT2D eigenvalue weighted by Gasteiger charge is 2.19. The second-order valence-electron chi connectivity index (χ2n) is 6.37. The topological polar surface area (TPSA) is 85.1 Å². The number of nitrogens with zero attached hydrogens (tertiary/aromatic N) is 2. The lowest BCUT2D eigenvalue weighted by atomic mass is 10.2. The summed E-state index contributed by atoms with van der Waals surface area (Å²) in [5.74, 6) is -0.555. The maximum atomic E-state index is 12.9. The van der Waals surface area contributed by atoms with Crippen LogP contribution >= 0.6 is 0 Å². The molecule has 0 aliphatic heterocycles. The molecule has 28 heavy (non-hydrogen) atoms. The van der Waals surface area contributed by atoms with Crippen molar-refractivity contribution < 1.29 is 9.59 Å². The number of anilines is 2. The zero-order chi connectivity index (χ0) is 20.3. The van der Waals surface area contributed by atoms with E-state index in [4.69, 9.17) is 0 Å². The first-order valence-electron chi connectivity index (χ1n) is 8.97. The van der Waals surface area contributed by atoms with E-state index in [2.05, 4.69) is 10.6 Å². The Balaban J connectivity index is 1.91. The van der Waals surface area contributed by atoms with E-state index < -0.39 is 5.91 Å². The van der Waals surface area contributed by atoms with Crippen LogP contribution in [0, 0.1) is 6.92 Å². The number of carbonyl (C=O) groups is 2. The first-order valence-corrected chi connectivity index (χ1v) is 8.97. The Hall–Kier alpha value is -3.61. The molecule has 0 radical (unpaired) electrons. The largest absolute Gasteiger partial charge is 0.326 e. The number of amides is 2. The molecule has 2 N–H and O–H groups in total. The van der Waals surface area contributed by atoms with E-state index >= 15 is 0 Å². The van der Waals surface area contributed by atoms with Crippen LogP contribution in [0.4, 0.5) is 11.4 Å². The van der Waals surface area contributed by atoms with Gasteiger partial charge >= 0.3 is 0 Å². The first-order chi connectivity index (χ1) is 13.4. The quantitative estimate of drug-likeness (QED) is 0.715. The molecular formula is C21H22N4O3. The van der Waals surface area contributed by atoms with E-state index in [1.165, 1.54) is 4.68 Å². The van der Waals surface area contributed by atoms with Crippen LogP contribution in [-0.4, -0.2) is 21.2 Å². The van der Waals surface area contributed by atoms with Gasteiger partial charge < -0.3 is 10.6 Å². The third-order valence-corrected chi connectivity index (χ3v) is 4.52. The number of para-hydroxylation sites is 1. The van der Waals surface area contributed by atoms with Crippen molar-refractivity contribution in [3.8, 4) is 5.69 Å². The molecule has 0 spiro atoms. The van der Waals surface area contributed by atoms with Crippen molar-refractivity contribution in [1.82, 2.24) is 9.36 Å². The number of carbonyl (C=O) groups excluding carboxylic acids is 2. The van der Waals surface area contributed by atoms with Gasteiger partial charge in [-0.3, -0.25) is 19.1 Å². The lowest BCUT2D eigenvalue weighted by Crippen LogP contribution is -2.23. The summed E-state index contributed by atoms with van der Waals surface area (Å²) in [4.78, 5) is 37.2. The minimum absolute atomic E-state index is 0.137. The monoisotopic (exact) mass is 378 g/mol. The SMILES string of the molecule is CCC(=O)Nc1cccc(C(=O)Nc2c(C)n(C)n(-c3ccccc3)c2=O)c1. The molecule has 0 bridgehead atoms. The number of aromatic nitrogens is 2. The van der Waals surface area contributed by atoms with Crippen molar-refractivity contribution in [2.75, 3.05) is 10.6 Å². The maximum Gasteiger partial charge on any atom is 0.295 e. The fraction of sp³-hybridized carbons (Fsp3) is 0.190. The summed E-state index contributed by atoms with van der Waals surface area (Å²) in [6.07, 6.45) is 0.346. The molecule has 0 saturated carbocycles. The molecule has 0 aliphatic carbocycles. The minimum atomic E-state index is -0.418. The number of hydrogen-bond donors (Lipinski definition) is 2. The molecule has 7 heteroatoms. The number of benzene rings is 2. The van der Waals surface area contributed by atoms with Crippen LogP contribution in [0.25, 0.3) is 5.69 Å². The van der Waals surface area contributed by atoms with Crippen LogP contribution in [0.15, 0.2) is 59.4 Å². The molecule has 0 atom stereocenters.